The van der Waals surface area contributed by atoms with Crippen LogP contribution in [0.5, 0.6) is 0 Å². The number of hydrogen-bond acceptors (Lipinski definition) is 4. The van der Waals surface area contributed by atoms with Gasteiger partial charge in [0.05, 0.1) is 0 Å². The highest BCUT2D eigenvalue weighted by Crippen LogP contribution is 2.75. The van der Waals surface area contributed by atoms with Crippen molar-refractivity contribution in [3.8, 4) is 0 Å². The molecule has 6 aliphatic rings. The minimum absolute atomic E-state index is 0.0233. The summed E-state index contributed by atoms with van der Waals surface area (Å²) in [5.41, 5.74) is 4.67. The molecule has 6 nitrogen and oxygen atoms in total. The molecule has 40 heavy (non-hydrogen) atoms. The molecule has 0 aromatic carbocycles. The van der Waals surface area contributed by atoms with E-state index < -0.39 is 0 Å². The van der Waals surface area contributed by atoms with Crippen LogP contribution in [0.15, 0.2) is 46.3 Å². The minimum atomic E-state index is -0.257. The molecular formula is C34H49N3O3. The van der Waals surface area contributed by atoms with Crippen LogP contribution < -0.4 is 10.6 Å². The number of carbonyl (C=O) groups is 2. The number of nitrogens with zero attached hydrogens (tertiary/aromatic N) is 1. The molecule has 6 atom stereocenters. The summed E-state index contributed by atoms with van der Waals surface area (Å²) in [5, 5.41) is 17.1. The van der Waals surface area contributed by atoms with E-state index in [0.29, 0.717) is 16.9 Å². The van der Waals surface area contributed by atoms with Gasteiger partial charge in [-0.2, -0.15) is 0 Å². The van der Waals surface area contributed by atoms with Crippen molar-refractivity contribution in [2.24, 2.45) is 33.0 Å². The average Bonchev–Trinajstić information content (AvgIpc) is 2.94. The number of amides is 2. The quantitative estimate of drug-likeness (QED) is 0.383. The lowest BCUT2D eigenvalue weighted by Crippen LogP contribution is -2.62. The molecule has 1 saturated heterocycles. The van der Waals surface area contributed by atoms with Gasteiger partial charge < -0.3 is 20.6 Å². The smallest absolute Gasteiger partial charge is 0.317 e. The van der Waals surface area contributed by atoms with Crippen LogP contribution in [-0.2, 0) is 4.79 Å². The van der Waals surface area contributed by atoms with Gasteiger partial charge in [-0.1, -0.05) is 52.3 Å². The zero-order valence-electron chi connectivity index (χ0n) is 25.5. The van der Waals surface area contributed by atoms with E-state index in [0.717, 1.165) is 69.6 Å². The Kier molecular flexibility index (Phi) is 6.31. The summed E-state index contributed by atoms with van der Waals surface area (Å²) in [6, 6.07) is 0.0878. The Morgan fingerprint density at radius 1 is 1.02 bits per heavy atom. The molecule has 1 aliphatic heterocycles. The highest BCUT2D eigenvalue weighted by atomic mass is 16.3. The minimum Gasteiger partial charge on any atom is -0.504 e. The predicted octanol–water partition coefficient (Wildman–Crippen LogP) is 6.23. The fourth-order valence-electron chi connectivity index (χ4n) is 9.95. The van der Waals surface area contributed by atoms with Gasteiger partial charge in [0.1, 0.15) is 0 Å². The van der Waals surface area contributed by atoms with Crippen LogP contribution in [0.1, 0.15) is 86.5 Å². The second kappa shape index (κ2) is 9.08. The van der Waals surface area contributed by atoms with Gasteiger partial charge in [0.25, 0.3) is 0 Å². The van der Waals surface area contributed by atoms with Crippen LogP contribution in [0.25, 0.3) is 0 Å². The summed E-state index contributed by atoms with van der Waals surface area (Å²) in [6.45, 7) is 18.3. The number of ketones is 1. The molecule has 4 fully saturated rings. The van der Waals surface area contributed by atoms with Crippen LogP contribution in [0.4, 0.5) is 4.79 Å². The van der Waals surface area contributed by atoms with Crippen molar-refractivity contribution in [3.63, 3.8) is 0 Å². The number of rotatable bonds is 2. The van der Waals surface area contributed by atoms with Gasteiger partial charge in [-0.15, -0.1) is 0 Å². The van der Waals surface area contributed by atoms with E-state index in [2.05, 4.69) is 57.4 Å². The van der Waals surface area contributed by atoms with E-state index >= 15 is 0 Å². The first-order valence-electron chi connectivity index (χ1n) is 15.6. The Labute approximate surface area is 240 Å². The van der Waals surface area contributed by atoms with Crippen molar-refractivity contribution < 1.29 is 14.7 Å². The molecule has 5 aliphatic carbocycles. The maximum Gasteiger partial charge on any atom is 0.317 e. The number of hydrogen-bond donors (Lipinski definition) is 3. The average molecular weight is 548 g/mol. The number of urea groups is 1. The molecule has 3 saturated carbocycles. The molecule has 0 unspecified atom stereocenters. The number of piperazine rings is 1. The summed E-state index contributed by atoms with van der Waals surface area (Å²) in [7, 11) is 0. The van der Waals surface area contributed by atoms with Crippen LogP contribution in [-0.4, -0.2) is 54.5 Å². The summed E-state index contributed by atoms with van der Waals surface area (Å²) < 4.78 is 0. The fourth-order valence-corrected chi connectivity index (χ4v) is 9.95. The van der Waals surface area contributed by atoms with Crippen molar-refractivity contribution in [2.45, 2.75) is 86.5 Å². The Morgan fingerprint density at radius 3 is 2.45 bits per heavy atom. The van der Waals surface area contributed by atoms with Gasteiger partial charge in [0, 0.05) is 43.7 Å². The molecule has 0 radical (unpaired) electrons. The van der Waals surface area contributed by atoms with E-state index in [-0.39, 0.29) is 39.2 Å². The molecule has 2 amide bonds. The Morgan fingerprint density at radius 2 is 1.73 bits per heavy atom. The normalized spacial score (nSPS) is 43.0. The molecule has 0 spiro atoms. The topological polar surface area (TPSA) is 81.7 Å². The zero-order valence-corrected chi connectivity index (χ0v) is 25.5. The molecule has 0 bridgehead atoms. The standard InChI is InChI=1S/C34H49N3O3/c1-22-23-7-8-26-32(4,24(23)19-25(38)28(22)39)12-14-34(6)27-20-30(2,9-10-31(27,3)11-13-33(26,34)5)21-36-29(40)37-17-15-35-16-18-37/h7-8,19,27,35,39H,9-18,20-21H2,1-6H3,(H,36,40)/t27-,30-,31+,32+,33+,34-/m1/s1. The molecule has 6 heteroatoms. The SMILES string of the molecule is CC1=C(O)C(=O)C=C2C1=CC=C1[C@@]2(C)CC[C@]2(C)[C@@H]3C[C@](C)(CNC(=O)N4CCNCC4)CC[C@@]3(C)CC[C@@]12C. The highest BCUT2D eigenvalue weighted by molar-refractivity contribution is 6.06. The van der Waals surface area contributed by atoms with Crippen molar-refractivity contribution >= 4 is 11.8 Å². The molecule has 6 rings (SSSR count). The van der Waals surface area contributed by atoms with E-state index in [1.54, 1.807) is 6.08 Å². The largest absolute Gasteiger partial charge is 0.504 e. The van der Waals surface area contributed by atoms with E-state index in [4.69, 9.17) is 0 Å². The number of allylic oxidation sites excluding steroid dienone is 7. The Balaban J connectivity index is 1.30. The fraction of sp³-hybridized carbons (Fsp3) is 0.706. The van der Waals surface area contributed by atoms with Crippen LogP contribution in [0, 0.1) is 33.0 Å². The maximum absolute atomic E-state index is 13.0. The number of carbonyl (C=O) groups excluding carboxylic acids is 2. The Hall–Kier alpha value is -2.34. The number of aliphatic hydroxyl groups excluding tert-OH is 1. The van der Waals surface area contributed by atoms with Gasteiger partial charge in [-0.3, -0.25) is 4.79 Å². The van der Waals surface area contributed by atoms with Gasteiger partial charge in [0.15, 0.2) is 5.76 Å². The van der Waals surface area contributed by atoms with Gasteiger partial charge in [-0.25, -0.2) is 4.79 Å². The molecule has 0 aromatic heterocycles. The van der Waals surface area contributed by atoms with Crippen LogP contribution in [0.3, 0.4) is 0 Å². The van der Waals surface area contributed by atoms with Crippen molar-refractivity contribution in [1.82, 2.24) is 15.5 Å². The summed E-state index contributed by atoms with van der Waals surface area (Å²) in [5.74, 6) is 0.200. The third-order valence-corrected chi connectivity index (χ3v) is 13.0. The van der Waals surface area contributed by atoms with Crippen molar-refractivity contribution in [1.29, 1.82) is 0 Å². The number of aliphatic hydroxyl groups is 1. The molecular weight excluding hydrogens is 498 g/mol. The number of nitrogens with one attached hydrogen (secondary N) is 2. The van der Waals surface area contributed by atoms with Gasteiger partial charge in [0.2, 0.25) is 5.78 Å². The van der Waals surface area contributed by atoms with Crippen LogP contribution in [0.2, 0.25) is 0 Å². The summed E-state index contributed by atoms with van der Waals surface area (Å²) >= 11 is 0. The lowest BCUT2D eigenvalue weighted by atomic mass is 9.34. The van der Waals surface area contributed by atoms with E-state index in [1.165, 1.54) is 24.8 Å². The van der Waals surface area contributed by atoms with Crippen molar-refractivity contribution in [3.05, 3.63) is 46.3 Å². The van der Waals surface area contributed by atoms with E-state index in [9.17, 15) is 14.7 Å². The first-order valence-corrected chi connectivity index (χ1v) is 15.6. The monoisotopic (exact) mass is 547 g/mol. The Bertz CT molecular complexity index is 1270. The van der Waals surface area contributed by atoms with Gasteiger partial charge in [-0.05, 0) is 96.7 Å². The van der Waals surface area contributed by atoms with Crippen molar-refractivity contribution in [2.75, 3.05) is 32.7 Å². The molecule has 1 heterocycles. The zero-order chi connectivity index (χ0) is 28.7. The molecule has 218 valence electrons. The first kappa shape index (κ1) is 27.8. The predicted molar refractivity (Wildman–Crippen MR) is 159 cm³/mol. The number of fused-ring (bicyclic) bond motifs is 7. The lowest BCUT2D eigenvalue weighted by molar-refractivity contribution is -0.160. The maximum atomic E-state index is 13.0. The lowest BCUT2D eigenvalue weighted by Gasteiger charge is -2.70. The van der Waals surface area contributed by atoms with Crippen LogP contribution >= 0.6 is 0 Å². The third-order valence-electron chi connectivity index (χ3n) is 13.0. The molecule has 3 N–H and O–H groups in total. The molecule has 0 aromatic rings. The van der Waals surface area contributed by atoms with Gasteiger partial charge >= 0.3 is 6.03 Å². The first-order chi connectivity index (χ1) is 18.8. The summed E-state index contributed by atoms with van der Waals surface area (Å²) in [4.78, 5) is 27.7. The van der Waals surface area contributed by atoms with E-state index in [1.807, 2.05) is 11.8 Å². The second-order valence-corrected chi connectivity index (χ2v) is 15.3. The third kappa shape index (κ3) is 3.84. The second-order valence-electron chi connectivity index (χ2n) is 15.3. The summed E-state index contributed by atoms with van der Waals surface area (Å²) in [6.07, 6.45) is 14.3. The highest BCUT2D eigenvalue weighted by Gasteiger charge is 2.66.